The summed E-state index contributed by atoms with van der Waals surface area (Å²) in [6.45, 7) is 0.191. The first-order chi connectivity index (χ1) is 13.3. The second-order valence-electron chi connectivity index (χ2n) is 6.08. The van der Waals surface area contributed by atoms with Crippen LogP contribution in [0.3, 0.4) is 0 Å². The van der Waals surface area contributed by atoms with Gasteiger partial charge in [-0.1, -0.05) is 6.07 Å². The first-order valence-electron chi connectivity index (χ1n) is 8.41. The van der Waals surface area contributed by atoms with Crippen LogP contribution in [0.2, 0.25) is 0 Å². The number of anilines is 1. The number of carbonyl (C=O) groups is 1. The average molecular weight is 395 g/mol. The number of aromatic amines is 1. The fourth-order valence-corrected chi connectivity index (χ4v) is 2.67. The van der Waals surface area contributed by atoms with Crippen molar-refractivity contribution in [1.82, 2.24) is 19.7 Å². The number of aryl methyl sites for hydroxylation is 1. The number of rotatable bonds is 8. The number of aliphatic carboxylic acids is 1. The van der Waals surface area contributed by atoms with E-state index in [1.165, 1.54) is 6.07 Å². The van der Waals surface area contributed by atoms with E-state index in [9.17, 15) is 22.8 Å². The number of hydrogen-bond donors (Lipinski definition) is 3. The van der Waals surface area contributed by atoms with Crippen LogP contribution >= 0.6 is 0 Å². The zero-order chi connectivity index (χ0) is 20.3. The van der Waals surface area contributed by atoms with Crippen LogP contribution in [0.25, 0.3) is 11.0 Å². The van der Waals surface area contributed by atoms with Crippen molar-refractivity contribution in [2.24, 2.45) is 0 Å². The molecule has 3 N–H and O–H groups in total. The number of carboxylic acids is 1. The van der Waals surface area contributed by atoms with Crippen LogP contribution in [0.1, 0.15) is 24.8 Å². The third-order valence-electron chi connectivity index (χ3n) is 4.01. The minimum absolute atomic E-state index is 0.0244. The zero-order valence-electron chi connectivity index (χ0n) is 14.5. The fraction of sp³-hybridized carbons (Fsp3) is 0.294. The summed E-state index contributed by atoms with van der Waals surface area (Å²) in [5.41, 5.74) is -0.537. The molecule has 11 heteroatoms. The minimum atomic E-state index is -1.01. The van der Waals surface area contributed by atoms with Crippen molar-refractivity contribution in [3.8, 4) is 0 Å². The lowest BCUT2D eigenvalue weighted by Crippen LogP contribution is -2.16. The van der Waals surface area contributed by atoms with Gasteiger partial charge in [0, 0.05) is 19.5 Å². The Bertz CT molecular complexity index is 1080. The molecule has 28 heavy (non-hydrogen) atoms. The molecule has 148 valence electrons. The van der Waals surface area contributed by atoms with E-state index in [2.05, 4.69) is 20.4 Å². The van der Waals surface area contributed by atoms with Crippen molar-refractivity contribution < 1.29 is 23.1 Å². The van der Waals surface area contributed by atoms with Crippen LogP contribution in [0, 0.1) is 17.6 Å². The van der Waals surface area contributed by atoms with Gasteiger partial charge in [-0.05, 0) is 30.5 Å². The summed E-state index contributed by atoms with van der Waals surface area (Å²) >= 11 is 0. The van der Waals surface area contributed by atoms with E-state index in [1.54, 1.807) is 0 Å². The van der Waals surface area contributed by atoms with Gasteiger partial charge in [0.2, 0.25) is 5.95 Å². The molecule has 0 aliphatic carbocycles. The Morgan fingerprint density at radius 2 is 2.00 bits per heavy atom. The van der Waals surface area contributed by atoms with Crippen LogP contribution < -0.4 is 10.9 Å². The molecule has 0 aliphatic rings. The summed E-state index contributed by atoms with van der Waals surface area (Å²) in [4.78, 5) is 29.3. The van der Waals surface area contributed by atoms with Crippen LogP contribution in [0.5, 0.6) is 0 Å². The molecule has 0 spiro atoms. The molecule has 0 amide bonds. The van der Waals surface area contributed by atoms with Crippen LogP contribution in [0.4, 0.5) is 19.1 Å². The lowest BCUT2D eigenvalue weighted by atomic mass is 10.2. The Labute approximate surface area is 156 Å². The van der Waals surface area contributed by atoms with E-state index in [1.807, 2.05) is 0 Å². The van der Waals surface area contributed by atoms with Gasteiger partial charge in [0.1, 0.15) is 0 Å². The smallest absolute Gasteiger partial charge is 0.303 e. The Balaban J connectivity index is 1.77. The van der Waals surface area contributed by atoms with Gasteiger partial charge in [0.25, 0.3) is 11.5 Å². The molecule has 0 saturated carbocycles. The number of H-pyrrole nitrogens is 1. The number of hydrogen-bond acceptors (Lipinski definition) is 5. The minimum Gasteiger partial charge on any atom is -0.481 e. The molecule has 0 unspecified atom stereocenters. The topological polar surface area (TPSA) is 113 Å². The zero-order valence-corrected chi connectivity index (χ0v) is 14.5. The highest BCUT2D eigenvalue weighted by atomic mass is 19.2. The Morgan fingerprint density at radius 1 is 1.21 bits per heavy atom. The largest absolute Gasteiger partial charge is 0.481 e. The predicted molar refractivity (Wildman–Crippen MR) is 93.3 cm³/mol. The van der Waals surface area contributed by atoms with Gasteiger partial charge in [0.05, 0.1) is 0 Å². The molecule has 3 aromatic rings. The molecule has 1 aromatic carbocycles. The van der Waals surface area contributed by atoms with E-state index in [-0.39, 0.29) is 36.5 Å². The summed E-state index contributed by atoms with van der Waals surface area (Å²) < 4.78 is 41.4. The van der Waals surface area contributed by atoms with Crippen molar-refractivity contribution in [3.05, 3.63) is 51.7 Å². The Hall–Kier alpha value is -3.37. The number of halogens is 3. The highest BCUT2D eigenvalue weighted by Crippen LogP contribution is 2.15. The number of carboxylic acid groups (broad SMARTS) is 1. The summed E-state index contributed by atoms with van der Waals surface area (Å²) in [6.07, 6.45) is 0.726. The van der Waals surface area contributed by atoms with Crippen molar-refractivity contribution in [2.45, 2.75) is 32.4 Å². The third kappa shape index (κ3) is 4.30. The second kappa shape index (κ2) is 8.11. The maximum Gasteiger partial charge on any atom is 0.303 e. The lowest BCUT2D eigenvalue weighted by Gasteiger charge is -2.06. The molecular formula is C17H16F3N5O3. The molecule has 0 fully saturated rings. The number of benzene rings is 1. The molecule has 3 rings (SSSR count). The number of unbranched alkanes of at least 4 members (excludes halogenated alkanes) is 1. The van der Waals surface area contributed by atoms with Crippen molar-refractivity contribution in [3.63, 3.8) is 0 Å². The van der Waals surface area contributed by atoms with Gasteiger partial charge in [-0.3, -0.25) is 19.3 Å². The predicted octanol–water partition coefficient (Wildman–Crippen LogP) is 2.40. The summed E-state index contributed by atoms with van der Waals surface area (Å²) in [5, 5.41) is 15.0. The summed E-state index contributed by atoms with van der Waals surface area (Å²) in [6, 6.07) is 3.33. The SMILES string of the molecule is O=C(O)CCCCn1nc(F)c2nc(NCc3ccc(F)c(F)c3)[nH]c(=O)c21. The average Bonchev–Trinajstić information content (AvgIpc) is 2.96. The maximum atomic E-state index is 14.1. The van der Waals surface area contributed by atoms with Crippen molar-refractivity contribution in [1.29, 1.82) is 0 Å². The van der Waals surface area contributed by atoms with E-state index >= 15 is 0 Å². The van der Waals surface area contributed by atoms with Gasteiger partial charge in [-0.25, -0.2) is 13.8 Å². The maximum absolute atomic E-state index is 14.1. The van der Waals surface area contributed by atoms with E-state index in [4.69, 9.17) is 5.11 Å². The van der Waals surface area contributed by atoms with Gasteiger partial charge in [0.15, 0.2) is 22.7 Å². The highest BCUT2D eigenvalue weighted by molar-refractivity contribution is 5.74. The molecule has 0 saturated heterocycles. The molecule has 2 heterocycles. The van der Waals surface area contributed by atoms with Gasteiger partial charge < -0.3 is 10.4 Å². The molecule has 0 bridgehead atoms. The van der Waals surface area contributed by atoms with Crippen LogP contribution in [-0.4, -0.2) is 30.8 Å². The number of aromatic nitrogens is 4. The fourth-order valence-electron chi connectivity index (χ4n) is 2.67. The van der Waals surface area contributed by atoms with Gasteiger partial charge in [-0.2, -0.15) is 4.39 Å². The second-order valence-corrected chi connectivity index (χ2v) is 6.08. The molecule has 0 atom stereocenters. The molecular weight excluding hydrogens is 379 g/mol. The Morgan fingerprint density at radius 3 is 2.71 bits per heavy atom. The van der Waals surface area contributed by atoms with E-state index in [0.29, 0.717) is 18.4 Å². The number of fused-ring (bicyclic) bond motifs is 1. The van der Waals surface area contributed by atoms with Crippen LogP contribution in [0.15, 0.2) is 23.0 Å². The first-order valence-corrected chi connectivity index (χ1v) is 8.41. The van der Waals surface area contributed by atoms with Crippen molar-refractivity contribution in [2.75, 3.05) is 5.32 Å². The Kier molecular flexibility index (Phi) is 5.62. The normalized spacial score (nSPS) is 11.1. The summed E-state index contributed by atoms with van der Waals surface area (Å²) in [5.74, 6) is -3.91. The standard InChI is InChI=1S/C17H16F3N5O3/c18-10-5-4-9(7-11(10)19)8-21-17-22-13-14(16(28)23-17)25(24-15(13)20)6-2-1-3-12(26)27/h4-5,7H,1-3,6,8H2,(H,26,27)(H2,21,22,23,28). The lowest BCUT2D eigenvalue weighted by molar-refractivity contribution is -0.137. The monoisotopic (exact) mass is 395 g/mol. The molecule has 0 radical (unpaired) electrons. The molecule has 8 nitrogen and oxygen atoms in total. The number of nitrogens with zero attached hydrogens (tertiary/aromatic N) is 3. The third-order valence-corrected chi connectivity index (χ3v) is 4.01. The van der Waals surface area contributed by atoms with Crippen LogP contribution in [-0.2, 0) is 17.9 Å². The van der Waals surface area contributed by atoms with E-state index < -0.39 is 29.1 Å². The van der Waals surface area contributed by atoms with Gasteiger partial charge in [-0.15, -0.1) is 5.10 Å². The first kappa shape index (κ1) is 19.4. The summed E-state index contributed by atoms with van der Waals surface area (Å²) in [7, 11) is 0. The molecule has 2 aromatic heterocycles. The van der Waals surface area contributed by atoms with Gasteiger partial charge >= 0.3 is 5.97 Å². The highest BCUT2D eigenvalue weighted by Gasteiger charge is 2.16. The number of nitrogens with one attached hydrogen (secondary N) is 2. The van der Waals surface area contributed by atoms with Crippen molar-refractivity contribution >= 4 is 23.0 Å². The quantitative estimate of drug-likeness (QED) is 0.505. The van der Waals surface area contributed by atoms with E-state index in [0.717, 1.165) is 16.8 Å². The molecule has 0 aliphatic heterocycles.